The molecule has 1 aromatic carbocycles. The van der Waals surface area contributed by atoms with Crippen molar-refractivity contribution >= 4 is 34.2 Å². The summed E-state index contributed by atoms with van der Waals surface area (Å²) < 4.78 is 34.8. The maximum Gasteiger partial charge on any atom is 0.282 e. The molecule has 3 heterocycles. The fraction of sp³-hybridized carbons (Fsp3) is 0.333. The van der Waals surface area contributed by atoms with E-state index in [1.165, 1.54) is 6.07 Å². The van der Waals surface area contributed by atoms with E-state index in [-0.39, 0.29) is 50.5 Å². The second-order valence-electron chi connectivity index (χ2n) is 9.65. The molecule has 2 amide bonds. The van der Waals surface area contributed by atoms with Gasteiger partial charge >= 0.3 is 0 Å². The summed E-state index contributed by atoms with van der Waals surface area (Å²) in [6.07, 6.45) is 4.62. The van der Waals surface area contributed by atoms with Crippen LogP contribution in [0.5, 0.6) is 5.88 Å². The number of hydrogen-bond acceptors (Lipinski definition) is 8. The third-order valence-electron chi connectivity index (χ3n) is 7.01. The van der Waals surface area contributed by atoms with Crippen LogP contribution >= 0.6 is 11.3 Å². The van der Waals surface area contributed by atoms with E-state index in [0.717, 1.165) is 49.2 Å². The first kappa shape index (κ1) is 23.4. The Morgan fingerprint density at radius 3 is 2.70 bits per heavy atom. The molecule has 4 aromatic rings. The number of primary amides is 1. The van der Waals surface area contributed by atoms with Crippen LogP contribution in [0.25, 0.3) is 21.6 Å². The molecule has 2 aliphatic rings. The van der Waals surface area contributed by atoms with Crippen LogP contribution in [0.2, 0.25) is 0 Å². The zero-order valence-electron chi connectivity index (χ0n) is 19.6. The molecule has 10 nitrogen and oxygen atoms in total. The fourth-order valence-corrected chi connectivity index (χ4v) is 6.00. The Morgan fingerprint density at radius 2 is 1.97 bits per heavy atom. The van der Waals surface area contributed by atoms with Crippen LogP contribution in [0.3, 0.4) is 0 Å². The van der Waals surface area contributed by atoms with Crippen molar-refractivity contribution in [1.29, 1.82) is 0 Å². The van der Waals surface area contributed by atoms with Gasteiger partial charge in [-0.2, -0.15) is 10.1 Å². The van der Waals surface area contributed by atoms with Gasteiger partial charge in [0.05, 0.1) is 6.20 Å². The van der Waals surface area contributed by atoms with Gasteiger partial charge in [-0.25, -0.2) is 8.78 Å². The first-order chi connectivity index (χ1) is 17.7. The fourth-order valence-electron chi connectivity index (χ4n) is 5.23. The molecule has 0 bridgehead atoms. The molecule has 0 atom stereocenters. The summed E-state index contributed by atoms with van der Waals surface area (Å²) in [4.78, 5) is 29.0. The minimum Gasteiger partial charge on any atom is -0.474 e. The van der Waals surface area contributed by atoms with Gasteiger partial charge in [-0.05, 0) is 49.3 Å². The Hall–Kier alpha value is -4.00. The van der Waals surface area contributed by atoms with Crippen LogP contribution in [-0.2, 0) is 7.05 Å². The summed E-state index contributed by atoms with van der Waals surface area (Å²) in [7, 11) is 1.76. The molecule has 13 heteroatoms. The number of nitrogens with two attached hydrogens (primary N) is 1. The quantitative estimate of drug-likeness (QED) is 0.395. The minimum absolute atomic E-state index is 0.0199. The molecule has 3 N–H and O–H groups in total. The van der Waals surface area contributed by atoms with E-state index in [2.05, 4.69) is 25.6 Å². The number of ether oxygens (including phenoxy) is 1. The van der Waals surface area contributed by atoms with Crippen LogP contribution in [0.15, 0.2) is 30.5 Å². The highest BCUT2D eigenvalue weighted by Crippen LogP contribution is 2.57. The number of amides is 2. The normalized spacial score (nSPS) is 22.5. The highest BCUT2D eigenvalue weighted by Gasteiger charge is 2.54. The molecule has 0 saturated heterocycles. The van der Waals surface area contributed by atoms with Crippen molar-refractivity contribution < 1.29 is 23.1 Å². The molecule has 2 fully saturated rings. The van der Waals surface area contributed by atoms with E-state index in [0.29, 0.717) is 11.0 Å². The van der Waals surface area contributed by atoms with Crippen molar-refractivity contribution in [3.05, 3.63) is 52.7 Å². The third-order valence-corrected chi connectivity index (χ3v) is 7.97. The summed E-state index contributed by atoms with van der Waals surface area (Å²) in [5.74, 6) is -2.24. The van der Waals surface area contributed by atoms with E-state index in [9.17, 15) is 18.4 Å². The first-order valence-electron chi connectivity index (χ1n) is 11.6. The van der Waals surface area contributed by atoms with Crippen LogP contribution in [0.4, 0.5) is 8.78 Å². The summed E-state index contributed by atoms with van der Waals surface area (Å²) in [5.41, 5.74) is 6.51. The highest BCUT2D eigenvalue weighted by atomic mass is 32.1. The van der Waals surface area contributed by atoms with Crippen LogP contribution in [0, 0.1) is 17.0 Å². The highest BCUT2D eigenvalue weighted by molar-refractivity contribution is 7.16. The number of halogens is 2. The number of pyridine rings is 1. The van der Waals surface area contributed by atoms with Crippen molar-refractivity contribution in [2.45, 2.75) is 37.8 Å². The molecule has 0 radical (unpaired) electrons. The van der Waals surface area contributed by atoms with Crippen molar-refractivity contribution in [3.63, 3.8) is 0 Å². The Labute approximate surface area is 212 Å². The van der Waals surface area contributed by atoms with Crippen molar-refractivity contribution in [1.82, 2.24) is 30.3 Å². The predicted molar refractivity (Wildman–Crippen MR) is 129 cm³/mol. The molecular formula is C24H21F2N7O3S. The second kappa shape index (κ2) is 8.54. The number of aryl methyl sites for hydroxylation is 1. The van der Waals surface area contributed by atoms with E-state index < -0.39 is 17.5 Å². The van der Waals surface area contributed by atoms with Crippen molar-refractivity contribution in [2.75, 3.05) is 0 Å². The summed E-state index contributed by atoms with van der Waals surface area (Å²) >= 11 is 0.950. The van der Waals surface area contributed by atoms with Gasteiger partial charge in [0.1, 0.15) is 23.3 Å². The zero-order chi connectivity index (χ0) is 25.9. The van der Waals surface area contributed by atoms with Crippen molar-refractivity contribution in [2.24, 2.45) is 18.2 Å². The molecule has 37 heavy (non-hydrogen) atoms. The lowest BCUT2D eigenvalue weighted by atomic mass is 9.53. The Morgan fingerprint density at radius 1 is 1.19 bits per heavy atom. The lowest BCUT2D eigenvalue weighted by Crippen LogP contribution is -2.58. The lowest BCUT2D eigenvalue weighted by molar-refractivity contribution is -0.0847. The van der Waals surface area contributed by atoms with Gasteiger partial charge in [0.2, 0.25) is 10.9 Å². The molecule has 2 saturated carbocycles. The number of benzene rings is 1. The topological polar surface area (TPSA) is 138 Å². The average Bonchev–Trinajstić information content (AvgIpc) is 3.43. The van der Waals surface area contributed by atoms with Gasteiger partial charge in [0.25, 0.3) is 11.8 Å². The monoisotopic (exact) mass is 525 g/mol. The molecule has 0 aliphatic heterocycles. The zero-order valence-corrected chi connectivity index (χ0v) is 20.4. The second-order valence-corrected chi connectivity index (χ2v) is 10.6. The lowest BCUT2D eigenvalue weighted by Gasteiger charge is -2.57. The smallest absolute Gasteiger partial charge is 0.282 e. The van der Waals surface area contributed by atoms with Crippen LogP contribution in [0.1, 0.15) is 45.8 Å². The number of hydrogen-bond donors (Lipinski definition) is 2. The third kappa shape index (κ3) is 4.18. The Balaban J connectivity index is 1.04. The van der Waals surface area contributed by atoms with E-state index >= 15 is 0 Å². The number of carbonyl (C=O) groups is 2. The first-order valence-corrected chi connectivity index (χ1v) is 12.4. The molecule has 2 aliphatic carbocycles. The SMILES string of the molecule is Cn1ncc2cc(C(N)=O)c(OC3CC4(CC(NC(=O)c5nnc(-c6ccc(F)cc6F)s5)C4)C3)nc21. The van der Waals surface area contributed by atoms with Crippen molar-refractivity contribution in [3.8, 4) is 16.5 Å². The number of carbonyl (C=O) groups excluding carboxylic acids is 2. The van der Waals surface area contributed by atoms with Crippen LogP contribution < -0.4 is 15.8 Å². The largest absolute Gasteiger partial charge is 0.474 e. The minimum atomic E-state index is -0.760. The molecule has 190 valence electrons. The van der Waals surface area contributed by atoms with E-state index in [1.807, 2.05) is 0 Å². The number of nitrogens with one attached hydrogen (secondary N) is 1. The van der Waals surface area contributed by atoms with E-state index in [4.69, 9.17) is 10.5 Å². The maximum atomic E-state index is 14.0. The number of aromatic nitrogens is 5. The molecular weight excluding hydrogens is 504 g/mol. The molecule has 1 spiro atoms. The standard InChI is InChI=1S/C24H21F2N7O3S/c1-33-19-11(10-28-33)4-16(18(27)34)21(30-19)36-14-8-24(9-14)6-13(7-24)29-20(35)23-32-31-22(37-23)15-3-2-12(25)5-17(15)26/h2-5,10,13-14H,6-9H2,1H3,(H2,27,34)(H,29,35). The van der Waals surface area contributed by atoms with Gasteiger partial charge in [-0.15, -0.1) is 10.2 Å². The molecule has 6 rings (SSSR count). The molecule has 3 aromatic heterocycles. The number of fused-ring (bicyclic) bond motifs is 1. The summed E-state index contributed by atoms with van der Waals surface area (Å²) in [5, 5.41) is 15.9. The van der Waals surface area contributed by atoms with Crippen LogP contribution in [-0.4, -0.2) is 48.9 Å². The van der Waals surface area contributed by atoms with Gasteiger partial charge in [-0.3, -0.25) is 14.3 Å². The number of rotatable bonds is 6. The van der Waals surface area contributed by atoms with Gasteiger partial charge in [-0.1, -0.05) is 11.3 Å². The average molecular weight is 526 g/mol. The van der Waals surface area contributed by atoms with Gasteiger partial charge < -0.3 is 15.8 Å². The maximum absolute atomic E-state index is 14.0. The van der Waals surface area contributed by atoms with Gasteiger partial charge in [0.15, 0.2) is 10.7 Å². The summed E-state index contributed by atoms with van der Waals surface area (Å²) in [6, 6.07) is 4.79. The predicted octanol–water partition coefficient (Wildman–Crippen LogP) is 2.98. The Kier molecular flexibility index (Phi) is 5.40. The Bertz CT molecular complexity index is 1560. The number of nitrogens with zero attached hydrogens (tertiary/aromatic N) is 5. The molecule has 0 unspecified atom stereocenters. The van der Waals surface area contributed by atoms with Gasteiger partial charge in [0, 0.05) is 30.1 Å². The summed E-state index contributed by atoms with van der Waals surface area (Å²) in [6.45, 7) is 0. The van der Waals surface area contributed by atoms with E-state index in [1.54, 1.807) is 24.0 Å².